The third kappa shape index (κ3) is 4.56. The molecule has 0 N–H and O–H groups in total. The summed E-state index contributed by atoms with van der Waals surface area (Å²) in [6, 6.07) is 10.6. The number of allylic oxidation sites excluding steroid dienone is 1. The Morgan fingerprint density at radius 3 is 2.69 bits per heavy atom. The van der Waals surface area contributed by atoms with Gasteiger partial charge in [-0.15, -0.1) is 0 Å². The summed E-state index contributed by atoms with van der Waals surface area (Å²) in [6.07, 6.45) is 0. The maximum atomic E-state index is 2.28. The van der Waals surface area contributed by atoms with Crippen molar-refractivity contribution >= 4 is 26.7 Å². The quantitative estimate of drug-likeness (QED) is 0.743. The van der Waals surface area contributed by atoms with Gasteiger partial charge in [0.1, 0.15) is 0 Å². The third-order valence-corrected chi connectivity index (χ3v) is 4.62. The predicted molar refractivity (Wildman–Crippen MR) is 63.1 cm³/mol. The zero-order valence-electron chi connectivity index (χ0n) is 7.99. The average Bonchev–Trinajstić information content (AvgIpc) is 2.19. The van der Waals surface area contributed by atoms with Crippen molar-refractivity contribution in [1.29, 1.82) is 0 Å². The van der Waals surface area contributed by atoms with Gasteiger partial charge >= 0.3 is 91.0 Å². The molecule has 0 aliphatic heterocycles. The molecule has 0 heterocycles. The first-order chi connectivity index (χ1) is 6.33. The Hall–Kier alpha value is -0.171. The van der Waals surface area contributed by atoms with E-state index in [4.69, 9.17) is 0 Å². The molecule has 0 spiro atoms. The number of benzene rings is 1. The summed E-state index contributed by atoms with van der Waals surface area (Å²) in [5, 5.41) is 2.28. The van der Waals surface area contributed by atoms with Gasteiger partial charge in [-0.2, -0.15) is 0 Å². The second-order valence-electron chi connectivity index (χ2n) is 2.73. The number of thioether (sulfide) groups is 1. The van der Waals surface area contributed by atoms with Crippen molar-refractivity contribution in [2.24, 2.45) is 0 Å². The van der Waals surface area contributed by atoms with E-state index in [9.17, 15) is 0 Å². The molecule has 0 aliphatic carbocycles. The first-order valence-electron chi connectivity index (χ1n) is 4.19. The van der Waals surface area contributed by atoms with E-state index >= 15 is 0 Å². The molecule has 13 heavy (non-hydrogen) atoms. The molecule has 0 unspecified atom stereocenters. The minimum absolute atomic E-state index is 0.670. The Balaban J connectivity index is 2.36. The zero-order chi connectivity index (χ0) is 9.52. The zero-order valence-corrected chi connectivity index (χ0v) is 10.5. The Bertz CT molecular complexity index is 267. The molecule has 0 nitrogen and oxygen atoms in total. The standard InChI is InChI=1S/C11H14SSe/c1-10(13-2)8-12-9-11-6-4-3-5-7-11/h3-8H,9H2,1-2H3/b10-8-. The van der Waals surface area contributed by atoms with Gasteiger partial charge in [-0.1, -0.05) is 0 Å². The van der Waals surface area contributed by atoms with Crippen LogP contribution in [0.2, 0.25) is 5.82 Å². The number of hydrogen-bond acceptors (Lipinski definition) is 1. The molecule has 0 atom stereocenters. The fourth-order valence-electron chi connectivity index (χ4n) is 0.878. The van der Waals surface area contributed by atoms with E-state index in [1.54, 1.807) is 0 Å². The van der Waals surface area contributed by atoms with Crippen molar-refractivity contribution in [2.75, 3.05) is 0 Å². The summed E-state index contributed by atoms with van der Waals surface area (Å²) in [4.78, 5) is 0. The van der Waals surface area contributed by atoms with Gasteiger partial charge in [0.05, 0.1) is 0 Å². The summed E-state index contributed by atoms with van der Waals surface area (Å²) in [7, 11) is 0. The predicted octanol–water partition coefficient (Wildman–Crippen LogP) is 3.53. The van der Waals surface area contributed by atoms with Crippen LogP contribution in [0.5, 0.6) is 0 Å². The maximum absolute atomic E-state index is 2.28. The van der Waals surface area contributed by atoms with Gasteiger partial charge < -0.3 is 0 Å². The Labute approximate surface area is 91.0 Å². The Kier molecular flexibility index (Phi) is 5.29. The van der Waals surface area contributed by atoms with Gasteiger partial charge in [-0.3, -0.25) is 0 Å². The SMILES string of the molecule is C[Se]/C(C)=C\SCc1ccccc1. The van der Waals surface area contributed by atoms with Crippen LogP contribution in [-0.2, 0) is 5.75 Å². The third-order valence-electron chi connectivity index (χ3n) is 1.66. The van der Waals surface area contributed by atoms with Crippen molar-refractivity contribution in [3.8, 4) is 0 Å². The molecule has 0 aliphatic rings. The van der Waals surface area contributed by atoms with Gasteiger partial charge in [0, 0.05) is 0 Å². The summed E-state index contributed by atoms with van der Waals surface area (Å²) in [5.41, 5.74) is 1.40. The van der Waals surface area contributed by atoms with Crippen LogP contribution in [0.1, 0.15) is 12.5 Å². The van der Waals surface area contributed by atoms with Gasteiger partial charge in [0.15, 0.2) is 0 Å². The van der Waals surface area contributed by atoms with Crippen LogP contribution < -0.4 is 0 Å². The van der Waals surface area contributed by atoms with E-state index in [1.807, 2.05) is 11.8 Å². The second kappa shape index (κ2) is 6.31. The normalized spacial score (nSPS) is 11.7. The van der Waals surface area contributed by atoms with Crippen LogP contribution in [0.15, 0.2) is 40.2 Å². The molecule has 0 fully saturated rings. The molecule has 0 bridgehead atoms. The molecule has 1 aromatic rings. The second-order valence-corrected chi connectivity index (χ2v) is 5.79. The van der Waals surface area contributed by atoms with Crippen LogP contribution in [0.3, 0.4) is 0 Å². The van der Waals surface area contributed by atoms with Crippen LogP contribution in [0, 0.1) is 0 Å². The molecule has 0 radical (unpaired) electrons. The minimum atomic E-state index is 0.670. The van der Waals surface area contributed by atoms with Crippen molar-refractivity contribution in [2.45, 2.75) is 18.5 Å². The molecule has 0 aromatic heterocycles. The van der Waals surface area contributed by atoms with Crippen molar-refractivity contribution in [1.82, 2.24) is 0 Å². The average molecular weight is 257 g/mol. The summed E-state index contributed by atoms with van der Waals surface area (Å²) in [6.45, 7) is 2.21. The molecule has 2 heteroatoms. The van der Waals surface area contributed by atoms with Crippen LogP contribution in [-0.4, -0.2) is 15.0 Å². The fraction of sp³-hybridized carbons (Fsp3) is 0.273. The summed E-state index contributed by atoms with van der Waals surface area (Å²) < 4.78 is 1.52. The van der Waals surface area contributed by atoms with Crippen molar-refractivity contribution in [3.63, 3.8) is 0 Å². The molecule has 70 valence electrons. The topological polar surface area (TPSA) is 0 Å². The van der Waals surface area contributed by atoms with Crippen molar-refractivity contribution < 1.29 is 0 Å². The summed E-state index contributed by atoms with van der Waals surface area (Å²) >= 11 is 2.56. The summed E-state index contributed by atoms with van der Waals surface area (Å²) in [5.74, 6) is 3.34. The van der Waals surface area contributed by atoms with Crippen molar-refractivity contribution in [3.05, 3.63) is 45.8 Å². The van der Waals surface area contributed by atoms with E-state index in [0.29, 0.717) is 15.0 Å². The van der Waals surface area contributed by atoms with Gasteiger partial charge in [-0.05, 0) is 0 Å². The van der Waals surface area contributed by atoms with Crippen LogP contribution in [0.4, 0.5) is 0 Å². The van der Waals surface area contributed by atoms with Crippen LogP contribution in [0.25, 0.3) is 0 Å². The number of rotatable bonds is 4. The molecule has 0 saturated carbocycles. The molecule has 1 rings (SSSR count). The Morgan fingerprint density at radius 2 is 2.08 bits per heavy atom. The first kappa shape index (κ1) is 10.9. The molecule has 1 aromatic carbocycles. The molecule has 0 saturated heterocycles. The van der Waals surface area contributed by atoms with Gasteiger partial charge in [0.25, 0.3) is 0 Å². The number of hydrogen-bond donors (Lipinski definition) is 0. The fourth-order valence-corrected chi connectivity index (χ4v) is 2.71. The van der Waals surface area contributed by atoms with Crippen LogP contribution >= 0.6 is 11.8 Å². The van der Waals surface area contributed by atoms with E-state index in [2.05, 4.69) is 48.5 Å². The van der Waals surface area contributed by atoms with E-state index in [0.717, 1.165) is 5.75 Å². The van der Waals surface area contributed by atoms with E-state index in [1.165, 1.54) is 10.0 Å². The monoisotopic (exact) mass is 258 g/mol. The molecule has 0 amide bonds. The van der Waals surface area contributed by atoms with Gasteiger partial charge in [-0.25, -0.2) is 0 Å². The van der Waals surface area contributed by atoms with E-state index < -0.39 is 0 Å². The molecular weight excluding hydrogens is 243 g/mol. The van der Waals surface area contributed by atoms with E-state index in [-0.39, 0.29) is 0 Å². The first-order valence-corrected chi connectivity index (χ1v) is 7.81. The Morgan fingerprint density at radius 1 is 1.38 bits per heavy atom. The van der Waals surface area contributed by atoms with Gasteiger partial charge in [0.2, 0.25) is 0 Å². The molecular formula is C11H14SSe.